The average Bonchev–Trinajstić information content (AvgIpc) is 3.16. The Morgan fingerprint density at radius 3 is 2.48 bits per heavy atom. The monoisotopic (exact) mass is 384 g/mol. The maximum atomic E-state index is 11.9. The van der Waals surface area contributed by atoms with Crippen LogP contribution in [0.25, 0.3) is 11.1 Å². The molecule has 0 aliphatic heterocycles. The Balaban J connectivity index is 2.03. The third kappa shape index (κ3) is 4.19. The number of carbonyl (C=O) groups is 1. The number of carbonyl (C=O) groups excluding carboxylic acids is 1. The molecule has 0 unspecified atom stereocenters. The minimum atomic E-state index is -0.464. The fourth-order valence-electron chi connectivity index (χ4n) is 2.83. The molecule has 2 N–H and O–H groups in total. The van der Waals surface area contributed by atoms with Crippen LogP contribution < -0.4 is 4.74 Å². The Morgan fingerprint density at radius 2 is 1.81 bits per heavy atom. The van der Waals surface area contributed by atoms with Crippen LogP contribution in [-0.4, -0.2) is 23.3 Å². The summed E-state index contributed by atoms with van der Waals surface area (Å²) in [6, 6.07) is 16.8. The second kappa shape index (κ2) is 8.81. The van der Waals surface area contributed by atoms with Crippen molar-refractivity contribution in [1.29, 1.82) is 0 Å². The van der Waals surface area contributed by atoms with Gasteiger partial charge in [-0.3, -0.25) is 0 Å². The van der Waals surface area contributed by atoms with Crippen molar-refractivity contribution in [3.05, 3.63) is 75.5 Å². The lowest BCUT2D eigenvalue weighted by molar-refractivity contribution is 0.0606. The van der Waals surface area contributed by atoms with Crippen molar-refractivity contribution in [2.75, 3.05) is 7.11 Å². The summed E-state index contributed by atoms with van der Waals surface area (Å²) in [5.74, 6) is 0.114. The van der Waals surface area contributed by atoms with E-state index in [0.717, 1.165) is 5.56 Å². The molecule has 0 aliphatic rings. The fourth-order valence-corrected chi connectivity index (χ4v) is 3.77. The molecule has 0 saturated heterocycles. The molecular weight excluding hydrogens is 364 g/mol. The summed E-state index contributed by atoms with van der Waals surface area (Å²) in [7, 11) is 1.32. The number of esters is 1. The lowest BCUT2D eigenvalue weighted by Gasteiger charge is -2.15. The van der Waals surface area contributed by atoms with Crippen molar-refractivity contribution in [2.24, 2.45) is 0 Å². The van der Waals surface area contributed by atoms with Gasteiger partial charge in [-0.25, -0.2) is 4.79 Å². The van der Waals surface area contributed by atoms with Crippen molar-refractivity contribution in [3.63, 3.8) is 0 Å². The molecule has 0 saturated carbocycles. The molecule has 0 spiro atoms. The summed E-state index contributed by atoms with van der Waals surface area (Å²) in [6.07, 6.45) is 0. The molecule has 1 heterocycles. The van der Waals surface area contributed by atoms with E-state index in [0.29, 0.717) is 38.8 Å². The minimum absolute atomic E-state index is 0.188. The van der Waals surface area contributed by atoms with Gasteiger partial charge in [0.15, 0.2) is 0 Å². The van der Waals surface area contributed by atoms with Crippen molar-refractivity contribution in [3.8, 4) is 16.9 Å². The maximum Gasteiger partial charge on any atom is 0.348 e. The van der Waals surface area contributed by atoms with E-state index in [4.69, 9.17) is 9.47 Å². The van der Waals surface area contributed by atoms with Crippen molar-refractivity contribution in [2.45, 2.75) is 19.8 Å². The number of aliphatic hydroxyl groups excluding tert-OH is 2. The first kappa shape index (κ1) is 19.1. The van der Waals surface area contributed by atoms with Gasteiger partial charge in [-0.1, -0.05) is 42.5 Å². The molecule has 0 atom stereocenters. The summed E-state index contributed by atoms with van der Waals surface area (Å²) in [5, 5.41) is 19.6. The Hall–Kier alpha value is -2.67. The predicted molar refractivity (Wildman–Crippen MR) is 104 cm³/mol. The molecule has 3 aromatic rings. The summed E-state index contributed by atoms with van der Waals surface area (Å²) < 4.78 is 10.8. The largest absolute Gasteiger partial charge is 0.488 e. The number of methoxy groups -OCH3 is 1. The van der Waals surface area contributed by atoms with Crippen LogP contribution in [0, 0.1) is 0 Å². The third-order valence-corrected chi connectivity index (χ3v) is 5.23. The maximum absolute atomic E-state index is 11.9. The zero-order chi connectivity index (χ0) is 19.2. The number of aliphatic hydroxyl groups is 2. The normalized spacial score (nSPS) is 10.6. The first-order valence-electron chi connectivity index (χ1n) is 8.39. The van der Waals surface area contributed by atoms with Gasteiger partial charge in [-0.05, 0) is 23.3 Å². The molecular formula is C21H20O5S. The Morgan fingerprint density at radius 1 is 1.04 bits per heavy atom. The molecule has 0 bridgehead atoms. The number of hydrogen-bond acceptors (Lipinski definition) is 6. The molecule has 5 nitrogen and oxygen atoms in total. The smallest absolute Gasteiger partial charge is 0.348 e. The van der Waals surface area contributed by atoms with Gasteiger partial charge >= 0.3 is 5.97 Å². The number of rotatable bonds is 7. The zero-order valence-corrected chi connectivity index (χ0v) is 15.7. The van der Waals surface area contributed by atoms with E-state index in [2.05, 4.69) is 0 Å². The number of thiophene rings is 1. The Bertz CT molecular complexity index is 918. The summed E-state index contributed by atoms with van der Waals surface area (Å²) in [4.78, 5) is 12.9. The van der Waals surface area contributed by atoms with Gasteiger partial charge < -0.3 is 19.7 Å². The minimum Gasteiger partial charge on any atom is -0.488 e. The van der Waals surface area contributed by atoms with Gasteiger partial charge in [-0.2, -0.15) is 0 Å². The number of ether oxygens (including phenoxy) is 2. The highest BCUT2D eigenvalue weighted by Gasteiger charge is 2.21. The summed E-state index contributed by atoms with van der Waals surface area (Å²) in [6.45, 7) is -0.0494. The van der Waals surface area contributed by atoms with E-state index >= 15 is 0 Å². The molecule has 6 heteroatoms. The molecule has 2 aromatic carbocycles. The highest BCUT2D eigenvalue weighted by atomic mass is 32.1. The van der Waals surface area contributed by atoms with E-state index in [1.165, 1.54) is 18.4 Å². The number of hydrogen-bond donors (Lipinski definition) is 2. The average molecular weight is 384 g/mol. The Kier molecular flexibility index (Phi) is 6.24. The zero-order valence-electron chi connectivity index (χ0n) is 14.8. The molecule has 3 rings (SSSR count). The van der Waals surface area contributed by atoms with E-state index in [-0.39, 0.29) is 13.2 Å². The van der Waals surface area contributed by atoms with Gasteiger partial charge in [0.05, 0.1) is 20.3 Å². The van der Waals surface area contributed by atoms with Gasteiger partial charge in [0.2, 0.25) is 0 Å². The lowest BCUT2D eigenvalue weighted by Crippen LogP contribution is -2.00. The molecule has 140 valence electrons. The summed E-state index contributed by atoms with van der Waals surface area (Å²) in [5.41, 5.74) is 3.01. The van der Waals surface area contributed by atoms with E-state index in [1.807, 2.05) is 42.5 Å². The van der Waals surface area contributed by atoms with Gasteiger partial charge in [-0.15, -0.1) is 11.3 Å². The van der Waals surface area contributed by atoms with Crippen LogP contribution in [0.1, 0.15) is 25.7 Å². The van der Waals surface area contributed by atoms with Crippen molar-refractivity contribution in [1.82, 2.24) is 0 Å². The molecule has 0 amide bonds. The quantitative estimate of drug-likeness (QED) is 0.607. The highest BCUT2D eigenvalue weighted by Crippen LogP contribution is 2.40. The van der Waals surface area contributed by atoms with Gasteiger partial charge in [0.1, 0.15) is 17.2 Å². The van der Waals surface area contributed by atoms with Crippen LogP contribution in [0.2, 0.25) is 0 Å². The fraction of sp³-hybridized carbons (Fsp3) is 0.190. The molecule has 0 fully saturated rings. The van der Waals surface area contributed by atoms with Crippen molar-refractivity contribution < 1.29 is 24.5 Å². The SMILES string of the molecule is COC(=O)c1cc(-c2c(CO)cccc2OCc2ccccc2)c(CO)s1. The van der Waals surface area contributed by atoms with Crippen LogP contribution in [0.15, 0.2) is 54.6 Å². The number of benzene rings is 2. The first-order valence-corrected chi connectivity index (χ1v) is 9.21. The van der Waals surface area contributed by atoms with Crippen LogP contribution in [0.3, 0.4) is 0 Å². The van der Waals surface area contributed by atoms with E-state index < -0.39 is 5.97 Å². The van der Waals surface area contributed by atoms with Gasteiger partial charge in [0.25, 0.3) is 0 Å². The topological polar surface area (TPSA) is 76.0 Å². The van der Waals surface area contributed by atoms with Crippen LogP contribution >= 0.6 is 11.3 Å². The van der Waals surface area contributed by atoms with Gasteiger partial charge in [0, 0.05) is 16.0 Å². The van der Waals surface area contributed by atoms with E-state index in [1.54, 1.807) is 12.1 Å². The van der Waals surface area contributed by atoms with Crippen LogP contribution in [0.5, 0.6) is 5.75 Å². The molecule has 1 aromatic heterocycles. The second-order valence-electron chi connectivity index (χ2n) is 5.82. The predicted octanol–water partition coefficient (Wildman–Crippen LogP) is 3.77. The molecule has 0 aliphatic carbocycles. The lowest BCUT2D eigenvalue weighted by atomic mass is 9.99. The van der Waals surface area contributed by atoms with E-state index in [9.17, 15) is 15.0 Å². The molecule has 27 heavy (non-hydrogen) atoms. The summed E-state index contributed by atoms with van der Waals surface area (Å²) >= 11 is 1.17. The third-order valence-electron chi connectivity index (χ3n) is 4.13. The second-order valence-corrected chi connectivity index (χ2v) is 6.96. The first-order chi connectivity index (χ1) is 13.2. The molecule has 0 radical (unpaired) electrons. The Labute approximate surface area is 161 Å². The van der Waals surface area contributed by atoms with Crippen LogP contribution in [-0.2, 0) is 24.6 Å². The van der Waals surface area contributed by atoms with Crippen LogP contribution in [0.4, 0.5) is 0 Å². The standard InChI is InChI=1S/C21H20O5S/c1-25-21(24)18-10-16(19(12-23)27-18)20-15(11-22)8-5-9-17(20)26-13-14-6-3-2-4-7-14/h2-10,22-23H,11-13H2,1H3. The highest BCUT2D eigenvalue weighted by molar-refractivity contribution is 7.14. The van der Waals surface area contributed by atoms with Crippen molar-refractivity contribution >= 4 is 17.3 Å².